The van der Waals surface area contributed by atoms with Crippen molar-refractivity contribution < 1.29 is 23.1 Å². The van der Waals surface area contributed by atoms with E-state index in [1.54, 1.807) is 25.1 Å². The molecule has 0 aliphatic carbocycles. The summed E-state index contributed by atoms with van der Waals surface area (Å²) in [5.41, 5.74) is 1.24. The van der Waals surface area contributed by atoms with Gasteiger partial charge in [0.05, 0.1) is 12.8 Å². The standard InChI is InChI=1S/C18H19F2N3O3/c1-10(18(25)23-12-4-6-14(19)15(20)8-12)21-13-5-7-16(22-11(2)24)17(9-13)26-3/h4-10,21H,1-3H3,(H,22,24)(H,23,25)/t10-/m1/s1. The summed E-state index contributed by atoms with van der Waals surface area (Å²) in [5.74, 6) is -2.26. The molecule has 8 heteroatoms. The maximum atomic E-state index is 13.2. The highest BCUT2D eigenvalue weighted by atomic mass is 19.2. The molecule has 3 N–H and O–H groups in total. The summed E-state index contributed by atoms with van der Waals surface area (Å²) < 4.78 is 31.3. The number of carbonyl (C=O) groups is 2. The molecule has 0 saturated carbocycles. The van der Waals surface area contributed by atoms with Gasteiger partial charge in [-0.15, -0.1) is 0 Å². The van der Waals surface area contributed by atoms with E-state index >= 15 is 0 Å². The largest absolute Gasteiger partial charge is 0.494 e. The molecule has 0 heterocycles. The van der Waals surface area contributed by atoms with Crippen LogP contribution in [0, 0.1) is 11.6 Å². The number of amides is 2. The molecular weight excluding hydrogens is 344 g/mol. The molecule has 0 unspecified atom stereocenters. The minimum Gasteiger partial charge on any atom is -0.494 e. The third-order valence-electron chi connectivity index (χ3n) is 3.48. The normalized spacial score (nSPS) is 11.4. The fraction of sp³-hybridized carbons (Fsp3) is 0.222. The first-order chi connectivity index (χ1) is 12.3. The Morgan fingerprint density at radius 1 is 1.00 bits per heavy atom. The summed E-state index contributed by atoms with van der Waals surface area (Å²) in [7, 11) is 1.46. The number of rotatable bonds is 6. The molecule has 0 radical (unpaired) electrons. The van der Waals surface area contributed by atoms with Crippen molar-refractivity contribution in [3.63, 3.8) is 0 Å². The fourth-order valence-corrected chi connectivity index (χ4v) is 2.21. The van der Waals surface area contributed by atoms with Crippen LogP contribution in [0.5, 0.6) is 5.75 Å². The zero-order valence-corrected chi connectivity index (χ0v) is 14.5. The summed E-state index contributed by atoms with van der Waals surface area (Å²) in [6.45, 7) is 3.00. The maximum absolute atomic E-state index is 13.2. The molecule has 6 nitrogen and oxygen atoms in total. The Morgan fingerprint density at radius 2 is 1.69 bits per heavy atom. The molecule has 1 atom stereocenters. The number of methoxy groups -OCH3 is 1. The predicted molar refractivity (Wildman–Crippen MR) is 95.4 cm³/mol. The van der Waals surface area contributed by atoms with Crippen LogP contribution in [0.4, 0.5) is 25.8 Å². The Bertz CT molecular complexity index is 827. The van der Waals surface area contributed by atoms with Gasteiger partial charge in [0.2, 0.25) is 11.8 Å². The molecule has 2 rings (SSSR count). The second kappa shape index (κ2) is 8.28. The first-order valence-corrected chi connectivity index (χ1v) is 7.78. The van der Waals surface area contributed by atoms with Crippen LogP contribution in [0.3, 0.4) is 0 Å². The van der Waals surface area contributed by atoms with E-state index in [0.717, 1.165) is 12.1 Å². The topological polar surface area (TPSA) is 79.5 Å². The molecule has 0 bridgehead atoms. The average Bonchev–Trinajstić information content (AvgIpc) is 2.59. The van der Waals surface area contributed by atoms with E-state index in [9.17, 15) is 18.4 Å². The van der Waals surface area contributed by atoms with Crippen LogP contribution in [-0.4, -0.2) is 25.0 Å². The summed E-state index contributed by atoms with van der Waals surface area (Å²) in [6.07, 6.45) is 0. The lowest BCUT2D eigenvalue weighted by Gasteiger charge is -2.17. The SMILES string of the molecule is COc1cc(N[C@H](C)C(=O)Nc2ccc(F)c(F)c2)ccc1NC(C)=O. The minimum absolute atomic E-state index is 0.154. The molecule has 0 aromatic heterocycles. The van der Waals surface area contributed by atoms with Crippen molar-refractivity contribution in [2.75, 3.05) is 23.1 Å². The van der Waals surface area contributed by atoms with Gasteiger partial charge in [-0.25, -0.2) is 8.78 Å². The van der Waals surface area contributed by atoms with Crippen LogP contribution < -0.4 is 20.7 Å². The molecule has 0 saturated heterocycles. The molecule has 2 aromatic carbocycles. The van der Waals surface area contributed by atoms with E-state index in [2.05, 4.69) is 16.0 Å². The van der Waals surface area contributed by atoms with E-state index in [1.807, 2.05) is 0 Å². The molecule has 0 spiro atoms. The van der Waals surface area contributed by atoms with Gasteiger partial charge in [-0.05, 0) is 31.2 Å². The van der Waals surface area contributed by atoms with Crippen molar-refractivity contribution in [1.29, 1.82) is 0 Å². The molecule has 0 aliphatic heterocycles. The lowest BCUT2D eigenvalue weighted by Crippen LogP contribution is -2.31. The van der Waals surface area contributed by atoms with Crippen molar-refractivity contribution in [3.05, 3.63) is 48.0 Å². The minimum atomic E-state index is -1.04. The van der Waals surface area contributed by atoms with Crippen molar-refractivity contribution >= 4 is 28.9 Å². The first-order valence-electron chi connectivity index (χ1n) is 7.78. The summed E-state index contributed by atoms with van der Waals surface area (Å²) in [5, 5.41) is 8.10. The molecular formula is C18H19F2N3O3. The summed E-state index contributed by atoms with van der Waals surface area (Å²) in [6, 6.07) is 7.40. The zero-order valence-electron chi connectivity index (χ0n) is 14.5. The van der Waals surface area contributed by atoms with Crippen LogP contribution in [0.25, 0.3) is 0 Å². The molecule has 138 valence electrons. The van der Waals surface area contributed by atoms with Crippen LogP contribution in [-0.2, 0) is 9.59 Å². The Balaban J connectivity index is 2.05. The molecule has 0 fully saturated rings. The van der Waals surface area contributed by atoms with Crippen molar-refractivity contribution in [3.8, 4) is 5.75 Å². The van der Waals surface area contributed by atoms with Crippen LogP contribution >= 0.6 is 0 Å². The monoisotopic (exact) mass is 363 g/mol. The van der Waals surface area contributed by atoms with Crippen LogP contribution in [0.1, 0.15) is 13.8 Å². The van der Waals surface area contributed by atoms with Gasteiger partial charge in [0.25, 0.3) is 0 Å². The Kier molecular flexibility index (Phi) is 6.11. The van der Waals surface area contributed by atoms with Crippen molar-refractivity contribution in [1.82, 2.24) is 0 Å². The van der Waals surface area contributed by atoms with Gasteiger partial charge in [-0.1, -0.05) is 0 Å². The number of benzene rings is 2. The van der Waals surface area contributed by atoms with E-state index in [1.165, 1.54) is 20.1 Å². The predicted octanol–water partition coefficient (Wildman–Crippen LogP) is 3.37. The Labute approximate surface area is 149 Å². The fourth-order valence-electron chi connectivity index (χ4n) is 2.21. The third-order valence-corrected chi connectivity index (χ3v) is 3.48. The average molecular weight is 363 g/mol. The second-order valence-electron chi connectivity index (χ2n) is 5.58. The number of halogens is 2. The zero-order chi connectivity index (χ0) is 19.3. The number of hydrogen-bond acceptors (Lipinski definition) is 4. The number of hydrogen-bond donors (Lipinski definition) is 3. The summed E-state index contributed by atoms with van der Waals surface area (Å²) >= 11 is 0. The maximum Gasteiger partial charge on any atom is 0.246 e. The van der Waals surface area contributed by atoms with Gasteiger partial charge in [0.1, 0.15) is 11.8 Å². The lowest BCUT2D eigenvalue weighted by molar-refractivity contribution is -0.116. The quantitative estimate of drug-likeness (QED) is 0.735. The molecule has 2 aromatic rings. The van der Waals surface area contributed by atoms with E-state index in [0.29, 0.717) is 17.1 Å². The van der Waals surface area contributed by atoms with Crippen molar-refractivity contribution in [2.45, 2.75) is 19.9 Å². The summed E-state index contributed by atoms with van der Waals surface area (Å²) in [4.78, 5) is 23.4. The highest BCUT2D eigenvalue weighted by Crippen LogP contribution is 2.28. The highest BCUT2D eigenvalue weighted by Gasteiger charge is 2.15. The van der Waals surface area contributed by atoms with Gasteiger partial charge >= 0.3 is 0 Å². The smallest absolute Gasteiger partial charge is 0.246 e. The number of anilines is 3. The van der Waals surface area contributed by atoms with Crippen LogP contribution in [0.15, 0.2) is 36.4 Å². The van der Waals surface area contributed by atoms with E-state index in [4.69, 9.17) is 4.74 Å². The van der Waals surface area contributed by atoms with Gasteiger partial charge in [0.15, 0.2) is 11.6 Å². The molecule has 2 amide bonds. The van der Waals surface area contributed by atoms with E-state index < -0.39 is 23.6 Å². The van der Waals surface area contributed by atoms with Gasteiger partial charge in [-0.2, -0.15) is 0 Å². The number of ether oxygens (including phenoxy) is 1. The lowest BCUT2D eigenvalue weighted by atomic mass is 10.2. The van der Waals surface area contributed by atoms with Gasteiger partial charge in [0, 0.05) is 30.4 Å². The Hall–Kier alpha value is -3.16. The van der Waals surface area contributed by atoms with Crippen molar-refractivity contribution in [2.24, 2.45) is 0 Å². The number of nitrogens with one attached hydrogen (secondary N) is 3. The van der Waals surface area contributed by atoms with E-state index in [-0.39, 0.29) is 11.6 Å². The Morgan fingerprint density at radius 3 is 2.31 bits per heavy atom. The molecule has 0 aliphatic rings. The van der Waals surface area contributed by atoms with Gasteiger partial charge in [-0.3, -0.25) is 9.59 Å². The first kappa shape index (κ1) is 19.2. The highest BCUT2D eigenvalue weighted by molar-refractivity contribution is 5.96. The number of carbonyl (C=O) groups excluding carboxylic acids is 2. The van der Waals surface area contributed by atoms with Crippen LogP contribution in [0.2, 0.25) is 0 Å². The molecule has 26 heavy (non-hydrogen) atoms. The second-order valence-corrected chi connectivity index (χ2v) is 5.58. The van der Waals surface area contributed by atoms with Gasteiger partial charge < -0.3 is 20.7 Å². The third kappa shape index (κ3) is 4.92.